The molecule has 0 aliphatic carbocycles. The average molecular weight is 271 g/mol. The van der Waals surface area contributed by atoms with Crippen LogP contribution in [-0.2, 0) is 0 Å². The van der Waals surface area contributed by atoms with Crippen molar-refractivity contribution in [1.29, 1.82) is 15.8 Å². The maximum atomic E-state index is 13.3. The highest BCUT2D eigenvalue weighted by Crippen LogP contribution is 2.28. The molecule has 0 unspecified atom stereocenters. The van der Waals surface area contributed by atoms with Gasteiger partial charge in [0, 0.05) is 0 Å². The summed E-state index contributed by atoms with van der Waals surface area (Å²) in [4.78, 5) is 10.00. The number of aryl methyl sites for hydroxylation is 1. The van der Waals surface area contributed by atoms with Crippen LogP contribution in [0.1, 0.15) is 5.56 Å². The van der Waals surface area contributed by atoms with Crippen LogP contribution in [0.2, 0.25) is 0 Å². The third-order valence-corrected chi connectivity index (χ3v) is 2.32. The summed E-state index contributed by atoms with van der Waals surface area (Å²) in [6.45, 7) is 1.38. The lowest BCUT2D eigenvalue weighted by molar-refractivity contribution is -0.384. The minimum atomic E-state index is -0.835. The summed E-state index contributed by atoms with van der Waals surface area (Å²) in [5.74, 6) is -0.773. The van der Waals surface area contributed by atoms with Gasteiger partial charge in [-0.15, -0.1) is 0 Å². The maximum Gasteiger partial charge on any atom is 0.295 e. The van der Waals surface area contributed by atoms with Crippen LogP contribution >= 0.6 is 0 Å². The third kappa shape index (κ3) is 2.87. The van der Waals surface area contributed by atoms with Gasteiger partial charge in [-0.2, -0.15) is 15.8 Å². The van der Waals surface area contributed by atoms with Gasteiger partial charge in [-0.05, 0) is 18.6 Å². The molecule has 0 atom stereocenters. The van der Waals surface area contributed by atoms with E-state index in [-0.39, 0.29) is 11.3 Å². The number of nitro benzene ring substituents is 1. The minimum absolute atomic E-state index is 0.117. The molecule has 98 valence electrons. The molecular formula is C12H6FN5O2. The Morgan fingerprint density at radius 2 is 1.90 bits per heavy atom. The van der Waals surface area contributed by atoms with Gasteiger partial charge in [-0.25, -0.2) is 4.39 Å². The van der Waals surface area contributed by atoms with E-state index >= 15 is 0 Å². The summed E-state index contributed by atoms with van der Waals surface area (Å²) in [6, 6.07) is 6.36. The number of anilines is 1. The van der Waals surface area contributed by atoms with Gasteiger partial charge in [0.15, 0.2) is 5.57 Å². The highest BCUT2D eigenvalue weighted by molar-refractivity contribution is 5.68. The van der Waals surface area contributed by atoms with Crippen LogP contribution in [0.5, 0.6) is 0 Å². The van der Waals surface area contributed by atoms with Crippen LogP contribution in [0.25, 0.3) is 0 Å². The zero-order chi connectivity index (χ0) is 15.3. The number of rotatable bonds is 3. The molecule has 1 N–H and O–H groups in total. The number of benzene rings is 1. The Hall–Kier alpha value is -3.44. The Bertz CT molecular complexity index is 718. The van der Waals surface area contributed by atoms with E-state index in [1.54, 1.807) is 6.07 Å². The van der Waals surface area contributed by atoms with Crippen molar-refractivity contribution in [2.24, 2.45) is 0 Å². The van der Waals surface area contributed by atoms with Crippen molar-refractivity contribution in [2.45, 2.75) is 6.92 Å². The molecule has 0 aliphatic rings. The van der Waals surface area contributed by atoms with Gasteiger partial charge in [0.05, 0.1) is 11.0 Å². The molecule has 0 spiro atoms. The van der Waals surface area contributed by atoms with Gasteiger partial charge in [-0.1, -0.05) is 0 Å². The summed E-state index contributed by atoms with van der Waals surface area (Å²) >= 11 is 0. The van der Waals surface area contributed by atoms with E-state index in [2.05, 4.69) is 5.32 Å². The number of allylic oxidation sites excluding steroid dienone is 2. The van der Waals surface area contributed by atoms with Crippen LogP contribution in [0.15, 0.2) is 23.4 Å². The van der Waals surface area contributed by atoms with Crippen molar-refractivity contribution in [1.82, 2.24) is 0 Å². The molecule has 7 nitrogen and oxygen atoms in total. The zero-order valence-electron chi connectivity index (χ0n) is 10.1. The lowest BCUT2D eigenvalue weighted by Gasteiger charge is -2.07. The monoisotopic (exact) mass is 271 g/mol. The molecular weight excluding hydrogens is 265 g/mol. The second-order valence-electron chi connectivity index (χ2n) is 3.59. The van der Waals surface area contributed by atoms with Gasteiger partial charge in [-0.3, -0.25) is 10.1 Å². The lowest BCUT2D eigenvalue weighted by atomic mass is 10.1. The first-order valence-electron chi connectivity index (χ1n) is 5.10. The SMILES string of the molecule is Cc1cc(NC(C#N)=C(C#N)C#N)c([N+](=O)[O-])cc1F. The number of nitrogens with one attached hydrogen (secondary N) is 1. The van der Waals surface area contributed by atoms with E-state index in [4.69, 9.17) is 15.8 Å². The fourth-order valence-electron chi connectivity index (χ4n) is 1.34. The van der Waals surface area contributed by atoms with Crippen molar-refractivity contribution >= 4 is 11.4 Å². The Kier molecular flexibility index (Phi) is 4.34. The molecule has 0 aliphatic heterocycles. The highest BCUT2D eigenvalue weighted by atomic mass is 19.1. The zero-order valence-corrected chi connectivity index (χ0v) is 10.1. The molecule has 1 aromatic rings. The number of nitriles is 3. The molecule has 1 aromatic carbocycles. The molecule has 0 fully saturated rings. The van der Waals surface area contributed by atoms with Crippen molar-refractivity contribution in [3.05, 3.63) is 44.9 Å². The smallest absolute Gasteiger partial charge is 0.295 e. The Labute approximate surface area is 112 Å². The first kappa shape index (κ1) is 14.6. The number of nitrogens with zero attached hydrogens (tertiary/aromatic N) is 4. The molecule has 0 bridgehead atoms. The molecule has 8 heteroatoms. The predicted octanol–water partition coefficient (Wildman–Crippen LogP) is 2.28. The first-order chi connectivity index (χ1) is 9.44. The fraction of sp³-hybridized carbons (Fsp3) is 0.0833. The van der Waals surface area contributed by atoms with E-state index in [9.17, 15) is 14.5 Å². The van der Waals surface area contributed by atoms with Crippen LogP contribution in [0.4, 0.5) is 15.8 Å². The normalized spacial score (nSPS) is 8.75. The average Bonchev–Trinajstić information content (AvgIpc) is 2.42. The number of hydrogen-bond acceptors (Lipinski definition) is 6. The van der Waals surface area contributed by atoms with Crippen molar-refractivity contribution in [2.75, 3.05) is 5.32 Å². The second-order valence-corrected chi connectivity index (χ2v) is 3.59. The summed E-state index contributed by atoms with van der Waals surface area (Å²) in [6.07, 6.45) is 0. The van der Waals surface area contributed by atoms with E-state index in [0.717, 1.165) is 6.07 Å². The van der Waals surface area contributed by atoms with Crippen LogP contribution in [0, 0.1) is 56.8 Å². The Morgan fingerprint density at radius 3 is 2.35 bits per heavy atom. The Balaban J connectivity index is 3.43. The summed E-state index contributed by atoms with van der Waals surface area (Å²) < 4.78 is 13.3. The molecule has 0 radical (unpaired) electrons. The van der Waals surface area contributed by atoms with Gasteiger partial charge in [0.1, 0.15) is 35.4 Å². The predicted molar refractivity (Wildman–Crippen MR) is 65.3 cm³/mol. The molecule has 0 amide bonds. The number of nitro groups is 1. The topological polar surface area (TPSA) is 127 Å². The molecule has 0 saturated carbocycles. The molecule has 0 heterocycles. The van der Waals surface area contributed by atoms with Gasteiger partial charge < -0.3 is 5.32 Å². The quantitative estimate of drug-likeness (QED) is 0.510. The van der Waals surface area contributed by atoms with Crippen LogP contribution in [-0.4, -0.2) is 4.92 Å². The molecule has 0 saturated heterocycles. The fourth-order valence-corrected chi connectivity index (χ4v) is 1.34. The maximum absolute atomic E-state index is 13.3. The second kappa shape index (κ2) is 5.94. The van der Waals surface area contributed by atoms with Gasteiger partial charge >= 0.3 is 0 Å². The van der Waals surface area contributed by atoms with Crippen molar-refractivity contribution < 1.29 is 9.31 Å². The van der Waals surface area contributed by atoms with E-state index in [0.29, 0.717) is 6.07 Å². The first-order valence-corrected chi connectivity index (χ1v) is 5.10. The lowest BCUT2D eigenvalue weighted by Crippen LogP contribution is -2.04. The summed E-state index contributed by atoms with van der Waals surface area (Å²) in [5, 5.41) is 39.3. The van der Waals surface area contributed by atoms with Crippen molar-refractivity contribution in [3.8, 4) is 18.2 Å². The molecule has 20 heavy (non-hydrogen) atoms. The minimum Gasteiger partial charge on any atom is -0.340 e. The highest BCUT2D eigenvalue weighted by Gasteiger charge is 2.19. The van der Waals surface area contributed by atoms with Crippen LogP contribution < -0.4 is 5.32 Å². The standard InChI is InChI=1S/C12H6FN5O2/c1-7-2-10(12(18(19)20)3-9(7)13)17-11(6-16)8(4-14)5-15/h2-3,17H,1H3. The third-order valence-electron chi connectivity index (χ3n) is 2.32. The van der Waals surface area contributed by atoms with Crippen LogP contribution in [0.3, 0.4) is 0 Å². The number of halogens is 1. The van der Waals surface area contributed by atoms with E-state index in [1.165, 1.54) is 19.1 Å². The van der Waals surface area contributed by atoms with E-state index in [1.807, 2.05) is 0 Å². The van der Waals surface area contributed by atoms with Gasteiger partial charge in [0.25, 0.3) is 5.69 Å². The molecule has 0 aromatic heterocycles. The molecule has 1 rings (SSSR count). The number of hydrogen-bond donors (Lipinski definition) is 1. The summed E-state index contributed by atoms with van der Waals surface area (Å²) in [5.41, 5.74) is -1.62. The van der Waals surface area contributed by atoms with E-state index < -0.39 is 27.7 Å². The largest absolute Gasteiger partial charge is 0.340 e. The summed E-state index contributed by atoms with van der Waals surface area (Å²) in [7, 11) is 0. The Morgan fingerprint density at radius 1 is 1.30 bits per heavy atom. The van der Waals surface area contributed by atoms with Gasteiger partial charge in [0.2, 0.25) is 0 Å². The van der Waals surface area contributed by atoms with Crippen molar-refractivity contribution in [3.63, 3.8) is 0 Å².